The van der Waals surface area contributed by atoms with Crippen LogP contribution in [0.3, 0.4) is 0 Å². The summed E-state index contributed by atoms with van der Waals surface area (Å²) in [5, 5.41) is 0. The maximum absolute atomic E-state index is 10.6. The van der Waals surface area contributed by atoms with Crippen molar-refractivity contribution in [2.45, 2.75) is 24.3 Å². The molecule has 0 aromatic rings. The topological polar surface area (TPSA) is 26.3 Å². The Labute approximate surface area is 72.1 Å². The molecular weight excluding hydrogens is 168 g/mol. The Morgan fingerprint density at radius 3 is 2.60 bits per heavy atom. The van der Waals surface area contributed by atoms with Gasteiger partial charge in [0, 0.05) is 0 Å². The number of unbranched alkanes of at least 4 members (excludes halogenated alkanes) is 1. The molecule has 0 fully saturated rings. The molecule has 10 heavy (non-hydrogen) atoms. The molecule has 60 valence electrons. The first-order valence-corrected chi connectivity index (χ1v) is 4.24. The van der Waals surface area contributed by atoms with Gasteiger partial charge in [-0.2, -0.15) is 25.3 Å². The second-order valence-electron chi connectivity index (χ2n) is 1.89. The fraction of sp³-hybridized carbons (Fsp3) is 0.833. The molecule has 0 amide bonds. The molecule has 0 radical (unpaired) electrons. The van der Waals surface area contributed by atoms with E-state index >= 15 is 0 Å². The monoisotopic (exact) mass is 180 g/mol. The number of esters is 1. The van der Waals surface area contributed by atoms with Crippen molar-refractivity contribution in [1.29, 1.82) is 0 Å². The maximum atomic E-state index is 10.6. The van der Waals surface area contributed by atoms with Gasteiger partial charge in [-0.25, -0.2) is 4.79 Å². The Morgan fingerprint density at radius 2 is 2.20 bits per heavy atom. The highest BCUT2D eigenvalue weighted by Gasteiger charge is 2.08. The molecule has 0 atom stereocenters. The third-order valence-corrected chi connectivity index (χ3v) is 1.37. The van der Waals surface area contributed by atoms with Gasteiger partial charge in [0.2, 0.25) is 0 Å². The molecule has 0 unspecified atom stereocenters. The minimum absolute atomic E-state index is 0.361. The predicted octanol–water partition coefficient (Wildman–Crippen LogP) is 1.52. The normalized spacial score (nSPS) is 10.0. The van der Waals surface area contributed by atoms with Crippen LogP contribution in [-0.2, 0) is 9.53 Å². The van der Waals surface area contributed by atoms with Gasteiger partial charge in [0.1, 0.15) is 4.58 Å². The van der Waals surface area contributed by atoms with Crippen LogP contribution in [0, 0.1) is 0 Å². The zero-order chi connectivity index (χ0) is 7.98. The summed E-state index contributed by atoms with van der Waals surface area (Å²) in [7, 11) is 0. The van der Waals surface area contributed by atoms with E-state index in [9.17, 15) is 4.79 Å². The van der Waals surface area contributed by atoms with E-state index in [1.807, 2.05) is 6.92 Å². The van der Waals surface area contributed by atoms with Crippen LogP contribution in [0.15, 0.2) is 0 Å². The number of ether oxygens (including phenoxy) is 1. The van der Waals surface area contributed by atoms with Crippen molar-refractivity contribution in [3.8, 4) is 0 Å². The summed E-state index contributed by atoms with van der Waals surface area (Å²) in [4.78, 5) is 10.6. The maximum Gasteiger partial charge on any atom is 0.328 e. The van der Waals surface area contributed by atoms with Crippen LogP contribution >= 0.6 is 25.3 Å². The summed E-state index contributed by atoms with van der Waals surface area (Å²) in [5.74, 6) is -0.361. The Hall–Kier alpha value is 0.170. The third kappa shape index (κ3) is 4.99. The number of hydrogen-bond acceptors (Lipinski definition) is 4. The minimum Gasteiger partial charge on any atom is -0.464 e. The smallest absolute Gasteiger partial charge is 0.328 e. The molecule has 2 nitrogen and oxygen atoms in total. The van der Waals surface area contributed by atoms with Gasteiger partial charge >= 0.3 is 5.97 Å². The van der Waals surface area contributed by atoms with Crippen molar-refractivity contribution in [3.63, 3.8) is 0 Å². The molecule has 0 aliphatic heterocycles. The van der Waals surface area contributed by atoms with Gasteiger partial charge in [0.05, 0.1) is 6.61 Å². The highest BCUT2D eigenvalue weighted by atomic mass is 32.2. The number of thiol groups is 2. The van der Waals surface area contributed by atoms with Gasteiger partial charge in [-0.15, -0.1) is 0 Å². The van der Waals surface area contributed by atoms with E-state index in [0.29, 0.717) is 6.61 Å². The molecular formula is C6H12O2S2. The zero-order valence-corrected chi connectivity index (χ0v) is 7.70. The lowest BCUT2D eigenvalue weighted by atomic mass is 10.4. The molecule has 0 bridgehead atoms. The molecule has 0 aromatic carbocycles. The van der Waals surface area contributed by atoms with Crippen molar-refractivity contribution in [3.05, 3.63) is 0 Å². The van der Waals surface area contributed by atoms with Gasteiger partial charge in [0.25, 0.3) is 0 Å². The largest absolute Gasteiger partial charge is 0.464 e. The van der Waals surface area contributed by atoms with Crippen LogP contribution in [0.5, 0.6) is 0 Å². The van der Waals surface area contributed by atoms with Crippen molar-refractivity contribution in [2.24, 2.45) is 0 Å². The second kappa shape index (κ2) is 5.92. The van der Waals surface area contributed by atoms with E-state index in [1.165, 1.54) is 0 Å². The summed E-state index contributed by atoms with van der Waals surface area (Å²) in [6, 6.07) is 0. The first-order valence-electron chi connectivity index (χ1n) is 3.21. The van der Waals surface area contributed by atoms with Gasteiger partial charge in [-0.1, -0.05) is 13.3 Å². The molecule has 0 saturated carbocycles. The highest BCUT2D eigenvalue weighted by Crippen LogP contribution is 2.02. The Kier molecular flexibility index (Phi) is 6.02. The third-order valence-electron chi connectivity index (χ3n) is 0.953. The molecule has 0 heterocycles. The van der Waals surface area contributed by atoms with E-state index in [4.69, 9.17) is 4.74 Å². The fourth-order valence-corrected chi connectivity index (χ4v) is 0.541. The van der Waals surface area contributed by atoms with Crippen LogP contribution in [0.2, 0.25) is 0 Å². The number of carbonyl (C=O) groups excluding carboxylic acids is 1. The molecule has 0 aliphatic rings. The highest BCUT2D eigenvalue weighted by molar-refractivity contribution is 8.00. The number of hydrogen-bond donors (Lipinski definition) is 2. The molecule has 0 saturated heterocycles. The average Bonchev–Trinajstić information content (AvgIpc) is 1.88. The van der Waals surface area contributed by atoms with E-state index in [2.05, 4.69) is 25.3 Å². The quantitative estimate of drug-likeness (QED) is 0.297. The lowest BCUT2D eigenvalue weighted by molar-refractivity contribution is -0.141. The summed E-state index contributed by atoms with van der Waals surface area (Å²) in [6.07, 6.45) is 1.93. The lowest BCUT2D eigenvalue weighted by Gasteiger charge is -2.03. The fourth-order valence-electron chi connectivity index (χ4n) is 0.392. The van der Waals surface area contributed by atoms with Crippen molar-refractivity contribution >= 4 is 31.2 Å². The zero-order valence-electron chi connectivity index (χ0n) is 5.91. The number of carbonyl (C=O) groups is 1. The Bertz CT molecular complexity index is 104. The van der Waals surface area contributed by atoms with Crippen LogP contribution in [0.4, 0.5) is 0 Å². The van der Waals surface area contributed by atoms with E-state index in [0.717, 1.165) is 12.8 Å². The summed E-state index contributed by atoms with van der Waals surface area (Å²) in [5.41, 5.74) is 0. The molecule has 0 spiro atoms. The summed E-state index contributed by atoms with van der Waals surface area (Å²) < 4.78 is 4.15. The van der Waals surface area contributed by atoms with Gasteiger partial charge in [-0.05, 0) is 6.42 Å². The number of rotatable bonds is 4. The molecule has 0 N–H and O–H groups in total. The van der Waals surface area contributed by atoms with Crippen LogP contribution in [-0.4, -0.2) is 17.2 Å². The van der Waals surface area contributed by atoms with Crippen LogP contribution in [0.1, 0.15) is 19.8 Å². The van der Waals surface area contributed by atoms with E-state index in [-0.39, 0.29) is 5.97 Å². The second-order valence-corrected chi connectivity index (χ2v) is 3.33. The molecule has 0 aromatic heterocycles. The van der Waals surface area contributed by atoms with Crippen molar-refractivity contribution in [2.75, 3.05) is 6.61 Å². The molecule has 4 heteroatoms. The standard InChI is InChI=1S/C6H12O2S2/c1-2-3-4-8-5(7)6(9)10/h6,9-10H,2-4H2,1H3. The summed E-state index contributed by atoms with van der Waals surface area (Å²) >= 11 is 7.57. The van der Waals surface area contributed by atoms with Crippen molar-refractivity contribution in [1.82, 2.24) is 0 Å². The van der Waals surface area contributed by atoms with Gasteiger partial charge < -0.3 is 4.74 Å². The first-order chi connectivity index (χ1) is 4.68. The SMILES string of the molecule is CCCCOC(=O)C(S)S. The molecule has 0 rings (SSSR count). The van der Waals surface area contributed by atoms with E-state index < -0.39 is 4.58 Å². The van der Waals surface area contributed by atoms with Crippen LogP contribution in [0.25, 0.3) is 0 Å². The predicted molar refractivity (Wildman–Crippen MR) is 47.6 cm³/mol. The van der Waals surface area contributed by atoms with Crippen LogP contribution < -0.4 is 0 Å². The average molecular weight is 180 g/mol. The molecule has 0 aliphatic carbocycles. The van der Waals surface area contributed by atoms with Gasteiger partial charge in [0.15, 0.2) is 0 Å². The Morgan fingerprint density at radius 1 is 1.60 bits per heavy atom. The summed E-state index contributed by atoms with van der Waals surface area (Å²) in [6.45, 7) is 2.51. The first kappa shape index (κ1) is 10.2. The van der Waals surface area contributed by atoms with Crippen molar-refractivity contribution < 1.29 is 9.53 Å². The Balaban J connectivity index is 3.22. The lowest BCUT2D eigenvalue weighted by Crippen LogP contribution is -2.13. The minimum atomic E-state index is -0.600. The van der Waals surface area contributed by atoms with Gasteiger partial charge in [-0.3, -0.25) is 0 Å². The van der Waals surface area contributed by atoms with E-state index in [1.54, 1.807) is 0 Å².